The highest BCUT2D eigenvalue weighted by atomic mass is 17.1. The summed E-state index contributed by atoms with van der Waals surface area (Å²) in [7, 11) is 0. The molecule has 0 aromatic heterocycles. The van der Waals surface area contributed by atoms with Crippen LogP contribution in [0.1, 0.15) is 19.8 Å². The van der Waals surface area contributed by atoms with Crippen molar-refractivity contribution in [3.8, 4) is 0 Å². The van der Waals surface area contributed by atoms with Crippen molar-refractivity contribution in [3.63, 3.8) is 0 Å². The lowest BCUT2D eigenvalue weighted by Gasteiger charge is -2.28. The van der Waals surface area contributed by atoms with Gasteiger partial charge in [-0.05, 0) is 18.8 Å². The second-order valence-corrected chi connectivity index (χ2v) is 2.30. The van der Waals surface area contributed by atoms with Crippen LogP contribution >= 0.6 is 0 Å². The van der Waals surface area contributed by atoms with Crippen molar-refractivity contribution in [2.24, 2.45) is 5.92 Å². The van der Waals surface area contributed by atoms with E-state index in [9.17, 15) is 0 Å². The van der Waals surface area contributed by atoms with Gasteiger partial charge in [0.15, 0.2) is 0 Å². The zero-order valence-electron chi connectivity index (χ0n) is 4.42. The standard InChI is InChI=1S/C5H10O2/c1-4-2-5(3-4)7-6/h4-6H,2-3H2,1H3. The topological polar surface area (TPSA) is 29.5 Å². The fraction of sp³-hybridized carbons (Fsp3) is 1.00. The predicted octanol–water partition coefficient (Wildman–Crippen LogP) is 1.27. The van der Waals surface area contributed by atoms with Crippen molar-refractivity contribution in [3.05, 3.63) is 0 Å². The summed E-state index contributed by atoms with van der Waals surface area (Å²) in [5.41, 5.74) is 0. The Morgan fingerprint density at radius 1 is 1.57 bits per heavy atom. The molecule has 0 spiro atoms. The van der Waals surface area contributed by atoms with E-state index in [-0.39, 0.29) is 6.10 Å². The van der Waals surface area contributed by atoms with Gasteiger partial charge in [-0.2, -0.15) is 0 Å². The molecule has 0 heterocycles. The lowest BCUT2D eigenvalue weighted by Crippen LogP contribution is -2.28. The molecule has 0 aromatic carbocycles. The molecule has 2 nitrogen and oxygen atoms in total. The number of rotatable bonds is 1. The van der Waals surface area contributed by atoms with Crippen LogP contribution in [-0.4, -0.2) is 11.4 Å². The van der Waals surface area contributed by atoms with Gasteiger partial charge in [0.05, 0.1) is 6.10 Å². The first-order valence-corrected chi connectivity index (χ1v) is 2.63. The van der Waals surface area contributed by atoms with Gasteiger partial charge in [-0.25, -0.2) is 4.89 Å². The maximum Gasteiger partial charge on any atom is 0.0932 e. The predicted molar refractivity (Wildman–Crippen MR) is 25.9 cm³/mol. The zero-order valence-corrected chi connectivity index (χ0v) is 4.42. The Kier molecular flexibility index (Phi) is 1.30. The summed E-state index contributed by atoms with van der Waals surface area (Å²) in [5.74, 6) is 0.761. The molecule has 0 aromatic rings. The second kappa shape index (κ2) is 1.80. The molecule has 0 aliphatic heterocycles. The third kappa shape index (κ3) is 0.924. The summed E-state index contributed by atoms with van der Waals surface area (Å²) in [6.45, 7) is 2.15. The van der Waals surface area contributed by atoms with Crippen LogP contribution in [0.4, 0.5) is 0 Å². The van der Waals surface area contributed by atoms with Gasteiger partial charge in [-0.15, -0.1) is 0 Å². The molecule has 0 atom stereocenters. The summed E-state index contributed by atoms with van der Waals surface area (Å²) >= 11 is 0. The molecular formula is C5H10O2. The number of hydrogen-bond donors (Lipinski definition) is 1. The normalized spacial score (nSPS) is 40.3. The molecule has 1 saturated carbocycles. The van der Waals surface area contributed by atoms with Gasteiger partial charge in [0, 0.05) is 0 Å². The van der Waals surface area contributed by atoms with Crippen molar-refractivity contribution in [1.82, 2.24) is 0 Å². The summed E-state index contributed by atoms with van der Waals surface area (Å²) in [5, 5.41) is 8.00. The molecular weight excluding hydrogens is 92.1 g/mol. The molecule has 0 unspecified atom stereocenters. The minimum Gasteiger partial charge on any atom is -0.252 e. The molecule has 42 valence electrons. The summed E-state index contributed by atoms with van der Waals surface area (Å²) in [4.78, 5) is 4.06. The fourth-order valence-electron chi connectivity index (χ4n) is 0.915. The quantitative estimate of drug-likeness (QED) is 0.399. The first-order valence-electron chi connectivity index (χ1n) is 2.63. The molecule has 1 rings (SSSR count). The van der Waals surface area contributed by atoms with Gasteiger partial charge >= 0.3 is 0 Å². The van der Waals surface area contributed by atoms with E-state index >= 15 is 0 Å². The highest BCUT2D eigenvalue weighted by Gasteiger charge is 2.25. The maximum atomic E-state index is 8.00. The van der Waals surface area contributed by atoms with Crippen LogP contribution in [0.15, 0.2) is 0 Å². The van der Waals surface area contributed by atoms with E-state index in [2.05, 4.69) is 11.8 Å². The molecule has 7 heavy (non-hydrogen) atoms. The molecule has 2 heteroatoms. The minimum atomic E-state index is 0.148. The lowest BCUT2D eigenvalue weighted by molar-refractivity contribution is -0.300. The zero-order chi connectivity index (χ0) is 5.28. The Labute approximate surface area is 43.0 Å². The van der Waals surface area contributed by atoms with E-state index in [4.69, 9.17) is 5.26 Å². The van der Waals surface area contributed by atoms with Crippen molar-refractivity contribution in [2.75, 3.05) is 0 Å². The smallest absolute Gasteiger partial charge is 0.0932 e. The van der Waals surface area contributed by atoms with Crippen molar-refractivity contribution < 1.29 is 10.1 Å². The molecule has 0 amide bonds. The van der Waals surface area contributed by atoms with Crippen LogP contribution in [0.5, 0.6) is 0 Å². The Bertz CT molecular complexity index is 57.1. The fourth-order valence-corrected chi connectivity index (χ4v) is 0.915. The number of hydrogen-bond acceptors (Lipinski definition) is 2. The summed E-state index contributed by atoms with van der Waals surface area (Å²) in [6.07, 6.45) is 2.20. The van der Waals surface area contributed by atoms with E-state index in [1.165, 1.54) is 0 Å². The average molecular weight is 102 g/mol. The Balaban J connectivity index is 2.06. The Morgan fingerprint density at radius 3 is 2.29 bits per heavy atom. The first-order chi connectivity index (χ1) is 3.33. The van der Waals surface area contributed by atoms with E-state index in [0.29, 0.717) is 0 Å². The molecule has 1 N–H and O–H groups in total. The lowest BCUT2D eigenvalue weighted by atomic mass is 9.84. The highest BCUT2D eigenvalue weighted by molar-refractivity contribution is 4.74. The highest BCUT2D eigenvalue weighted by Crippen LogP contribution is 2.27. The second-order valence-electron chi connectivity index (χ2n) is 2.30. The van der Waals surface area contributed by atoms with Gasteiger partial charge in [-0.1, -0.05) is 6.92 Å². The molecule has 1 aliphatic carbocycles. The Morgan fingerprint density at radius 2 is 2.14 bits per heavy atom. The van der Waals surface area contributed by atoms with Crippen LogP contribution in [0.2, 0.25) is 0 Å². The molecule has 1 aliphatic rings. The van der Waals surface area contributed by atoms with E-state index < -0.39 is 0 Å². The van der Waals surface area contributed by atoms with Crippen LogP contribution < -0.4 is 0 Å². The molecule has 1 fully saturated rings. The SMILES string of the molecule is CC1CC(OO)C1. The average Bonchev–Trinajstić information content (AvgIpc) is 1.58. The van der Waals surface area contributed by atoms with Gasteiger partial charge in [-0.3, -0.25) is 5.26 Å². The van der Waals surface area contributed by atoms with Gasteiger partial charge in [0.2, 0.25) is 0 Å². The van der Waals surface area contributed by atoms with Crippen LogP contribution in [0.3, 0.4) is 0 Å². The van der Waals surface area contributed by atoms with Crippen LogP contribution in [-0.2, 0) is 4.89 Å². The monoisotopic (exact) mass is 102 g/mol. The van der Waals surface area contributed by atoms with Crippen molar-refractivity contribution in [2.45, 2.75) is 25.9 Å². The summed E-state index contributed by atoms with van der Waals surface area (Å²) in [6, 6.07) is 0. The Hall–Kier alpha value is -0.0800. The largest absolute Gasteiger partial charge is 0.252 e. The van der Waals surface area contributed by atoms with Gasteiger partial charge in [0.1, 0.15) is 0 Å². The molecule has 0 bridgehead atoms. The third-order valence-corrected chi connectivity index (χ3v) is 1.48. The van der Waals surface area contributed by atoms with Gasteiger partial charge in [0.25, 0.3) is 0 Å². The first kappa shape index (κ1) is 5.06. The third-order valence-electron chi connectivity index (χ3n) is 1.48. The van der Waals surface area contributed by atoms with Crippen molar-refractivity contribution >= 4 is 0 Å². The van der Waals surface area contributed by atoms with Crippen LogP contribution in [0.25, 0.3) is 0 Å². The molecule has 0 radical (unpaired) electrons. The van der Waals surface area contributed by atoms with E-state index in [1.807, 2.05) is 0 Å². The summed E-state index contributed by atoms with van der Waals surface area (Å²) < 4.78 is 0. The van der Waals surface area contributed by atoms with Crippen LogP contribution in [0, 0.1) is 5.92 Å². The van der Waals surface area contributed by atoms with E-state index in [1.54, 1.807) is 0 Å². The molecule has 0 saturated heterocycles. The maximum absolute atomic E-state index is 8.00. The van der Waals surface area contributed by atoms with Gasteiger partial charge < -0.3 is 0 Å². The van der Waals surface area contributed by atoms with E-state index in [0.717, 1.165) is 18.8 Å². The van der Waals surface area contributed by atoms with Crippen molar-refractivity contribution in [1.29, 1.82) is 0 Å². The minimum absolute atomic E-state index is 0.148.